The van der Waals surface area contributed by atoms with Crippen LogP contribution in [0, 0.1) is 13.8 Å². The van der Waals surface area contributed by atoms with E-state index in [0.29, 0.717) is 18.8 Å². The van der Waals surface area contributed by atoms with Gasteiger partial charge in [0.25, 0.3) is 5.91 Å². The Bertz CT molecular complexity index is 684. The smallest absolute Gasteiger partial charge is 0.272 e. The van der Waals surface area contributed by atoms with Crippen LogP contribution in [0.5, 0.6) is 0 Å². The average Bonchev–Trinajstić information content (AvgIpc) is 3.00. The summed E-state index contributed by atoms with van der Waals surface area (Å²) in [5.74, 6) is -0.140. The molecule has 1 aliphatic rings. The number of nitrogens with one attached hydrogen (secondary N) is 3. The molecule has 2 aromatic heterocycles. The molecule has 0 atom stereocenters. The molecule has 0 unspecified atom stereocenters. The van der Waals surface area contributed by atoms with Gasteiger partial charge in [-0.1, -0.05) is 0 Å². The number of fused-ring (bicyclic) bond motifs is 1. The van der Waals surface area contributed by atoms with Crippen molar-refractivity contribution < 1.29 is 4.79 Å². The first-order valence-corrected chi connectivity index (χ1v) is 7.12. The molecule has 0 saturated carbocycles. The first-order chi connectivity index (χ1) is 10.1. The molecular weight excluding hydrogens is 268 g/mol. The zero-order valence-electron chi connectivity index (χ0n) is 12.6. The number of H-pyrrole nitrogens is 1. The number of aryl methyl sites for hydroxylation is 2. The van der Waals surface area contributed by atoms with Gasteiger partial charge in [0.2, 0.25) is 0 Å². The van der Waals surface area contributed by atoms with Crippen molar-refractivity contribution in [3.05, 3.63) is 33.9 Å². The number of hydrogen-bond donors (Lipinski definition) is 3. The van der Waals surface area contributed by atoms with E-state index in [9.17, 15) is 4.79 Å². The van der Waals surface area contributed by atoms with Crippen LogP contribution in [0.15, 0.2) is 0 Å². The van der Waals surface area contributed by atoms with Crippen LogP contribution in [0.1, 0.15) is 38.7 Å². The van der Waals surface area contributed by atoms with Gasteiger partial charge < -0.3 is 10.6 Å². The summed E-state index contributed by atoms with van der Waals surface area (Å²) in [6.07, 6.45) is 0.885. The minimum absolute atomic E-state index is 0.140. The first-order valence-electron chi connectivity index (χ1n) is 7.12. The number of amides is 1. The molecule has 3 N–H and O–H groups in total. The third-order valence-corrected chi connectivity index (χ3v) is 4.11. The fraction of sp³-hybridized carbons (Fsp3) is 0.500. The van der Waals surface area contributed by atoms with Crippen molar-refractivity contribution >= 4 is 5.91 Å². The van der Waals surface area contributed by atoms with Crippen molar-refractivity contribution in [3.8, 4) is 0 Å². The van der Waals surface area contributed by atoms with Gasteiger partial charge in [-0.25, -0.2) is 0 Å². The second-order valence-electron chi connectivity index (χ2n) is 5.41. The SMILES string of the molecule is Cc1nn(C)c(C)c1CNC(=O)c1n[nH]c2c1CNCC2. The molecule has 3 heterocycles. The summed E-state index contributed by atoms with van der Waals surface area (Å²) < 4.78 is 1.83. The van der Waals surface area contributed by atoms with Gasteiger partial charge in [-0.3, -0.25) is 14.6 Å². The second-order valence-corrected chi connectivity index (χ2v) is 5.41. The lowest BCUT2D eigenvalue weighted by molar-refractivity contribution is 0.0944. The van der Waals surface area contributed by atoms with E-state index in [4.69, 9.17) is 0 Å². The summed E-state index contributed by atoms with van der Waals surface area (Å²) in [7, 11) is 1.91. The van der Waals surface area contributed by atoms with Crippen molar-refractivity contribution in [2.24, 2.45) is 7.05 Å². The maximum Gasteiger partial charge on any atom is 0.272 e. The van der Waals surface area contributed by atoms with Crippen LogP contribution in [-0.4, -0.2) is 32.4 Å². The second kappa shape index (κ2) is 5.33. The molecule has 0 aliphatic carbocycles. The van der Waals surface area contributed by atoms with Crippen LogP contribution in [0.3, 0.4) is 0 Å². The van der Waals surface area contributed by atoms with E-state index in [0.717, 1.165) is 41.2 Å². The van der Waals surface area contributed by atoms with Gasteiger partial charge in [0.05, 0.1) is 5.69 Å². The summed E-state index contributed by atoms with van der Waals surface area (Å²) >= 11 is 0. The standard InChI is InChI=1S/C14H20N6O/c1-8-10(9(2)20(3)19-8)7-16-14(21)13-11-6-15-5-4-12(11)17-18-13/h15H,4-7H2,1-3H3,(H,16,21)(H,17,18). The van der Waals surface area contributed by atoms with Gasteiger partial charge in [0.1, 0.15) is 0 Å². The normalized spacial score (nSPS) is 14.0. The lowest BCUT2D eigenvalue weighted by atomic mass is 10.1. The summed E-state index contributed by atoms with van der Waals surface area (Å²) in [6, 6.07) is 0. The molecule has 21 heavy (non-hydrogen) atoms. The third-order valence-electron chi connectivity index (χ3n) is 4.11. The number of aromatic amines is 1. The van der Waals surface area contributed by atoms with Crippen molar-refractivity contribution in [1.29, 1.82) is 0 Å². The van der Waals surface area contributed by atoms with Crippen LogP contribution in [0.4, 0.5) is 0 Å². The predicted octanol–water partition coefficient (Wildman–Crippen LogP) is 0.336. The van der Waals surface area contributed by atoms with E-state index in [1.807, 2.05) is 25.6 Å². The monoisotopic (exact) mass is 288 g/mol. The van der Waals surface area contributed by atoms with Crippen LogP contribution in [0.25, 0.3) is 0 Å². The zero-order chi connectivity index (χ0) is 15.0. The minimum atomic E-state index is -0.140. The molecule has 0 bridgehead atoms. The Morgan fingerprint density at radius 3 is 2.95 bits per heavy atom. The fourth-order valence-corrected chi connectivity index (χ4v) is 2.74. The highest BCUT2D eigenvalue weighted by Gasteiger charge is 2.21. The van der Waals surface area contributed by atoms with Crippen LogP contribution in [-0.2, 0) is 26.6 Å². The van der Waals surface area contributed by atoms with Crippen LogP contribution < -0.4 is 10.6 Å². The van der Waals surface area contributed by atoms with E-state index in [1.54, 1.807) is 0 Å². The number of nitrogens with zero attached hydrogens (tertiary/aromatic N) is 3. The molecule has 0 saturated heterocycles. The highest BCUT2D eigenvalue weighted by atomic mass is 16.1. The zero-order valence-corrected chi connectivity index (χ0v) is 12.6. The minimum Gasteiger partial charge on any atom is -0.346 e. The lowest BCUT2D eigenvalue weighted by Gasteiger charge is -2.12. The summed E-state index contributed by atoms with van der Waals surface area (Å²) in [4.78, 5) is 12.3. The van der Waals surface area contributed by atoms with Gasteiger partial charge >= 0.3 is 0 Å². The van der Waals surface area contributed by atoms with Crippen molar-refractivity contribution in [3.63, 3.8) is 0 Å². The van der Waals surface area contributed by atoms with E-state index >= 15 is 0 Å². The Labute approximate surface area is 123 Å². The molecule has 1 aliphatic heterocycles. The topological polar surface area (TPSA) is 87.6 Å². The van der Waals surface area contributed by atoms with Crippen LogP contribution >= 0.6 is 0 Å². The molecule has 112 valence electrons. The summed E-state index contributed by atoms with van der Waals surface area (Å²) in [5.41, 5.74) is 5.62. The molecule has 0 aromatic carbocycles. The molecule has 1 amide bonds. The number of rotatable bonds is 3. The number of aromatic nitrogens is 4. The Balaban J connectivity index is 1.74. The average molecular weight is 288 g/mol. The van der Waals surface area contributed by atoms with Crippen molar-refractivity contribution in [1.82, 2.24) is 30.6 Å². The van der Waals surface area contributed by atoms with Crippen LogP contribution in [0.2, 0.25) is 0 Å². The quantitative estimate of drug-likeness (QED) is 0.760. The maximum absolute atomic E-state index is 12.3. The lowest BCUT2D eigenvalue weighted by Crippen LogP contribution is -2.28. The number of carbonyl (C=O) groups is 1. The highest BCUT2D eigenvalue weighted by Crippen LogP contribution is 2.16. The Hall–Kier alpha value is -2.15. The summed E-state index contributed by atoms with van der Waals surface area (Å²) in [5, 5.41) is 17.7. The Morgan fingerprint density at radius 2 is 2.24 bits per heavy atom. The Morgan fingerprint density at radius 1 is 1.43 bits per heavy atom. The molecule has 0 spiro atoms. The van der Waals surface area contributed by atoms with Crippen molar-refractivity contribution in [2.75, 3.05) is 6.54 Å². The molecule has 7 heteroatoms. The van der Waals surface area contributed by atoms with Crippen molar-refractivity contribution in [2.45, 2.75) is 33.4 Å². The van der Waals surface area contributed by atoms with Gasteiger partial charge in [0.15, 0.2) is 5.69 Å². The van der Waals surface area contributed by atoms with E-state index in [2.05, 4.69) is 25.9 Å². The first kappa shape index (κ1) is 13.8. The fourth-order valence-electron chi connectivity index (χ4n) is 2.74. The van der Waals surface area contributed by atoms with Gasteiger partial charge in [0, 0.05) is 55.6 Å². The molecule has 7 nitrogen and oxygen atoms in total. The predicted molar refractivity (Wildman–Crippen MR) is 77.9 cm³/mol. The van der Waals surface area contributed by atoms with Gasteiger partial charge in [-0.15, -0.1) is 0 Å². The maximum atomic E-state index is 12.3. The third kappa shape index (κ3) is 2.44. The Kier molecular flexibility index (Phi) is 3.50. The highest BCUT2D eigenvalue weighted by molar-refractivity contribution is 5.94. The number of hydrogen-bond acceptors (Lipinski definition) is 4. The molecular formula is C14H20N6O. The summed E-state index contributed by atoms with van der Waals surface area (Å²) in [6.45, 7) is 6.04. The van der Waals surface area contributed by atoms with E-state index in [-0.39, 0.29) is 5.91 Å². The van der Waals surface area contributed by atoms with Gasteiger partial charge in [-0.2, -0.15) is 10.2 Å². The largest absolute Gasteiger partial charge is 0.346 e. The molecule has 0 fully saturated rings. The van der Waals surface area contributed by atoms with E-state index in [1.165, 1.54) is 0 Å². The molecule has 0 radical (unpaired) electrons. The van der Waals surface area contributed by atoms with Gasteiger partial charge in [-0.05, 0) is 13.8 Å². The van der Waals surface area contributed by atoms with E-state index < -0.39 is 0 Å². The molecule has 2 aromatic rings. The number of carbonyl (C=O) groups excluding carboxylic acids is 1. The molecule has 3 rings (SSSR count).